The molecule has 0 aliphatic rings. The minimum atomic E-state index is 0.155. The zero-order chi connectivity index (χ0) is 14.6. The first kappa shape index (κ1) is 17.2. The van der Waals surface area contributed by atoms with Crippen LogP contribution in [0.5, 0.6) is 0 Å². The molecular weight excluding hydrogens is 246 g/mol. The lowest BCUT2D eigenvalue weighted by Crippen LogP contribution is -2.15. The molecule has 0 saturated heterocycles. The highest BCUT2D eigenvalue weighted by Gasteiger charge is 2.10. The Bertz CT molecular complexity index is 333. The van der Waals surface area contributed by atoms with Gasteiger partial charge in [-0.15, -0.1) is 0 Å². The summed E-state index contributed by atoms with van der Waals surface area (Å²) in [4.78, 5) is 0. The van der Waals surface area contributed by atoms with Crippen LogP contribution in [0, 0.1) is 0 Å². The second-order valence-electron chi connectivity index (χ2n) is 5.80. The summed E-state index contributed by atoms with van der Waals surface area (Å²) in [5, 5.41) is 4.29. The predicted octanol–water partition coefficient (Wildman–Crippen LogP) is 4.82. The van der Waals surface area contributed by atoms with E-state index in [0.717, 1.165) is 13.0 Å². The molecule has 0 radical (unpaired) electrons. The van der Waals surface area contributed by atoms with E-state index in [1.807, 2.05) is 10.9 Å². The highest BCUT2D eigenvalue weighted by Crippen LogP contribution is 2.18. The second-order valence-corrected chi connectivity index (χ2v) is 5.80. The van der Waals surface area contributed by atoms with E-state index in [9.17, 15) is 0 Å². The third kappa shape index (κ3) is 6.56. The quantitative estimate of drug-likeness (QED) is 0.557. The number of aromatic nitrogens is 2. The Morgan fingerprint density at radius 3 is 2.20 bits per heavy atom. The molecule has 1 aromatic heterocycles. The van der Waals surface area contributed by atoms with E-state index < -0.39 is 0 Å². The maximum absolute atomic E-state index is 6.25. The molecule has 0 bridgehead atoms. The number of hydrogen-bond donors (Lipinski definition) is 1. The predicted molar refractivity (Wildman–Crippen MR) is 86.7 cm³/mol. The Morgan fingerprint density at radius 2 is 1.60 bits per heavy atom. The molecule has 20 heavy (non-hydrogen) atoms. The molecule has 1 unspecified atom stereocenters. The van der Waals surface area contributed by atoms with Gasteiger partial charge in [0.25, 0.3) is 0 Å². The number of nitrogens with two attached hydrogens (primary N) is 1. The summed E-state index contributed by atoms with van der Waals surface area (Å²) in [6.07, 6.45) is 15.3. The molecular formula is C17H33N3. The van der Waals surface area contributed by atoms with Crippen molar-refractivity contribution in [3.8, 4) is 0 Å². The molecule has 1 rings (SSSR count). The van der Waals surface area contributed by atoms with Gasteiger partial charge in [-0.25, -0.2) is 0 Å². The van der Waals surface area contributed by atoms with Crippen LogP contribution in [0.15, 0.2) is 12.3 Å². The van der Waals surface area contributed by atoms with Crippen molar-refractivity contribution >= 4 is 0 Å². The van der Waals surface area contributed by atoms with Gasteiger partial charge < -0.3 is 5.73 Å². The molecule has 0 aliphatic carbocycles. The molecule has 3 nitrogen and oxygen atoms in total. The van der Waals surface area contributed by atoms with Crippen molar-refractivity contribution < 1.29 is 0 Å². The first-order chi connectivity index (χ1) is 9.79. The van der Waals surface area contributed by atoms with Crippen LogP contribution in [0.25, 0.3) is 0 Å². The number of rotatable bonds is 12. The number of nitrogens with zero attached hydrogens (tertiary/aromatic N) is 2. The maximum Gasteiger partial charge on any atom is 0.0551 e. The maximum atomic E-state index is 6.25. The molecule has 3 heteroatoms. The lowest BCUT2D eigenvalue weighted by molar-refractivity contribution is 0.504. The van der Waals surface area contributed by atoms with Crippen LogP contribution in [0.3, 0.4) is 0 Å². The summed E-state index contributed by atoms with van der Waals surface area (Å²) >= 11 is 0. The molecule has 2 N–H and O–H groups in total. The molecule has 1 atom stereocenters. The summed E-state index contributed by atoms with van der Waals surface area (Å²) in [6, 6.07) is 2.21. The van der Waals surface area contributed by atoms with E-state index in [4.69, 9.17) is 5.73 Å². The van der Waals surface area contributed by atoms with Crippen molar-refractivity contribution in [3.05, 3.63) is 18.0 Å². The molecule has 116 valence electrons. The topological polar surface area (TPSA) is 43.8 Å². The van der Waals surface area contributed by atoms with Crippen molar-refractivity contribution in [2.75, 3.05) is 0 Å². The van der Waals surface area contributed by atoms with Crippen molar-refractivity contribution in [1.29, 1.82) is 0 Å². The highest BCUT2D eigenvalue weighted by molar-refractivity contribution is 5.05. The minimum absolute atomic E-state index is 0.155. The molecule has 1 aromatic rings. The zero-order valence-electron chi connectivity index (χ0n) is 13.5. The Balaban J connectivity index is 2.01. The third-order valence-corrected chi connectivity index (χ3v) is 4.05. The van der Waals surface area contributed by atoms with E-state index >= 15 is 0 Å². The van der Waals surface area contributed by atoms with Gasteiger partial charge in [0, 0.05) is 18.8 Å². The fraction of sp³-hybridized carbons (Fsp3) is 0.824. The normalized spacial score (nSPS) is 12.8. The average molecular weight is 279 g/mol. The molecule has 0 fully saturated rings. The molecule has 1 heterocycles. The van der Waals surface area contributed by atoms with E-state index in [0.29, 0.717) is 0 Å². The fourth-order valence-corrected chi connectivity index (χ4v) is 2.74. The second kappa shape index (κ2) is 10.9. The number of unbranched alkanes of at least 4 members (excludes halogenated alkanes) is 8. The van der Waals surface area contributed by atoms with E-state index in [1.165, 1.54) is 63.5 Å². The summed E-state index contributed by atoms with van der Waals surface area (Å²) < 4.78 is 2.01. The zero-order valence-corrected chi connectivity index (χ0v) is 13.5. The highest BCUT2D eigenvalue weighted by atomic mass is 15.3. The summed E-state index contributed by atoms with van der Waals surface area (Å²) in [6.45, 7) is 5.29. The SMILES string of the molecule is CCCCCCCCCCCC(N)c1ccnn1CC. The lowest BCUT2D eigenvalue weighted by Gasteiger charge is -2.13. The Labute approximate surface area is 124 Å². The van der Waals surface area contributed by atoms with Crippen LogP contribution in [-0.2, 0) is 6.54 Å². The van der Waals surface area contributed by atoms with Gasteiger partial charge in [0.05, 0.1) is 5.69 Å². The van der Waals surface area contributed by atoms with Gasteiger partial charge in [-0.1, -0.05) is 64.7 Å². The summed E-state index contributed by atoms with van der Waals surface area (Å²) in [5.74, 6) is 0. The van der Waals surface area contributed by atoms with E-state index in [1.54, 1.807) is 0 Å². The molecule has 0 aliphatic heterocycles. The monoisotopic (exact) mass is 279 g/mol. The number of hydrogen-bond acceptors (Lipinski definition) is 2. The van der Waals surface area contributed by atoms with Gasteiger partial charge in [-0.2, -0.15) is 5.10 Å². The first-order valence-electron chi connectivity index (χ1n) is 8.56. The van der Waals surface area contributed by atoms with Gasteiger partial charge >= 0.3 is 0 Å². The molecule has 0 spiro atoms. The summed E-state index contributed by atoms with van der Waals surface area (Å²) in [7, 11) is 0. The van der Waals surface area contributed by atoms with Gasteiger partial charge in [-0.05, 0) is 19.4 Å². The van der Waals surface area contributed by atoms with Crippen LogP contribution in [0.1, 0.15) is 89.8 Å². The summed E-state index contributed by atoms with van der Waals surface area (Å²) in [5.41, 5.74) is 7.44. The van der Waals surface area contributed by atoms with E-state index in [-0.39, 0.29) is 6.04 Å². The van der Waals surface area contributed by atoms with E-state index in [2.05, 4.69) is 25.0 Å². The molecule has 0 saturated carbocycles. The number of aryl methyl sites for hydroxylation is 1. The Hall–Kier alpha value is -0.830. The lowest BCUT2D eigenvalue weighted by atomic mass is 10.0. The van der Waals surface area contributed by atoms with Crippen LogP contribution < -0.4 is 5.73 Å². The first-order valence-corrected chi connectivity index (χ1v) is 8.56. The molecule has 0 amide bonds. The van der Waals surface area contributed by atoms with Gasteiger partial charge in [0.15, 0.2) is 0 Å². The molecule has 0 aromatic carbocycles. The average Bonchev–Trinajstić information content (AvgIpc) is 2.94. The van der Waals surface area contributed by atoms with Crippen molar-refractivity contribution in [2.24, 2.45) is 5.73 Å². The third-order valence-electron chi connectivity index (χ3n) is 4.05. The van der Waals surface area contributed by atoms with Gasteiger partial charge in [-0.3, -0.25) is 4.68 Å². The van der Waals surface area contributed by atoms with Gasteiger partial charge in [0.2, 0.25) is 0 Å². The van der Waals surface area contributed by atoms with Crippen molar-refractivity contribution in [3.63, 3.8) is 0 Å². The van der Waals surface area contributed by atoms with Crippen LogP contribution in [0.2, 0.25) is 0 Å². The fourth-order valence-electron chi connectivity index (χ4n) is 2.74. The largest absolute Gasteiger partial charge is 0.323 e. The van der Waals surface area contributed by atoms with Crippen molar-refractivity contribution in [2.45, 2.75) is 90.6 Å². The van der Waals surface area contributed by atoms with Crippen LogP contribution in [0.4, 0.5) is 0 Å². The Morgan fingerprint density at radius 1 is 1.00 bits per heavy atom. The smallest absolute Gasteiger partial charge is 0.0551 e. The Kier molecular flexibility index (Phi) is 9.38. The van der Waals surface area contributed by atoms with Gasteiger partial charge in [0.1, 0.15) is 0 Å². The standard InChI is InChI=1S/C17H33N3/c1-3-5-6-7-8-9-10-11-12-13-16(18)17-14-15-19-20(17)4-2/h14-16H,3-13,18H2,1-2H3. The minimum Gasteiger partial charge on any atom is -0.323 e. The van der Waals surface area contributed by atoms with Crippen LogP contribution >= 0.6 is 0 Å². The van der Waals surface area contributed by atoms with Crippen LogP contribution in [-0.4, -0.2) is 9.78 Å². The van der Waals surface area contributed by atoms with Crippen molar-refractivity contribution in [1.82, 2.24) is 9.78 Å².